The highest BCUT2D eigenvalue weighted by Crippen LogP contribution is 2.40. The van der Waals surface area contributed by atoms with Crippen molar-refractivity contribution in [1.29, 1.82) is 0 Å². The number of amides is 2. The van der Waals surface area contributed by atoms with Crippen LogP contribution in [0.5, 0.6) is 0 Å². The molecule has 0 fully saturated rings. The molecule has 2 amide bonds. The van der Waals surface area contributed by atoms with Crippen molar-refractivity contribution in [3.63, 3.8) is 0 Å². The second-order valence-electron chi connectivity index (χ2n) is 5.16. The summed E-state index contributed by atoms with van der Waals surface area (Å²) in [7, 11) is 1.77. The first-order valence-corrected chi connectivity index (χ1v) is 8.19. The number of hydrogen-bond donors (Lipinski definition) is 1. The van der Waals surface area contributed by atoms with Crippen molar-refractivity contribution in [1.82, 2.24) is 4.90 Å². The van der Waals surface area contributed by atoms with E-state index in [-0.39, 0.29) is 11.4 Å². The molecular formula is C15H14Cl2N2OS. The third-order valence-electron chi connectivity index (χ3n) is 3.57. The molecule has 1 aliphatic rings. The van der Waals surface area contributed by atoms with Gasteiger partial charge >= 0.3 is 6.03 Å². The first-order chi connectivity index (χ1) is 9.97. The van der Waals surface area contributed by atoms with Crippen molar-refractivity contribution < 1.29 is 4.79 Å². The molecule has 0 bridgehead atoms. The third kappa shape index (κ3) is 2.63. The Balaban J connectivity index is 1.95. The molecule has 3 nitrogen and oxygen atoms in total. The molecule has 1 unspecified atom stereocenters. The van der Waals surface area contributed by atoms with Gasteiger partial charge in [0.05, 0.1) is 10.4 Å². The quantitative estimate of drug-likeness (QED) is 0.765. The lowest BCUT2D eigenvalue weighted by Crippen LogP contribution is -2.35. The zero-order valence-electron chi connectivity index (χ0n) is 11.6. The van der Waals surface area contributed by atoms with Crippen LogP contribution in [0.15, 0.2) is 23.6 Å². The van der Waals surface area contributed by atoms with E-state index in [0.29, 0.717) is 6.54 Å². The van der Waals surface area contributed by atoms with Crippen LogP contribution in [0.4, 0.5) is 10.5 Å². The summed E-state index contributed by atoms with van der Waals surface area (Å²) in [5.41, 5.74) is 3.94. The maximum atomic E-state index is 11.6. The summed E-state index contributed by atoms with van der Waals surface area (Å²) in [4.78, 5) is 14.2. The summed E-state index contributed by atoms with van der Waals surface area (Å²) in [6, 6.07) is 5.79. The number of nitrogens with zero attached hydrogens (tertiary/aromatic N) is 1. The van der Waals surface area contributed by atoms with Crippen LogP contribution >= 0.6 is 34.5 Å². The van der Waals surface area contributed by atoms with Crippen molar-refractivity contribution in [2.45, 2.75) is 18.8 Å². The van der Waals surface area contributed by atoms with Crippen LogP contribution in [0.1, 0.15) is 26.9 Å². The molecule has 3 rings (SSSR count). The molecule has 0 aliphatic carbocycles. The van der Waals surface area contributed by atoms with E-state index in [1.54, 1.807) is 23.3 Å². The molecule has 110 valence electrons. The van der Waals surface area contributed by atoms with E-state index in [2.05, 4.69) is 5.32 Å². The van der Waals surface area contributed by atoms with Gasteiger partial charge in [0.15, 0.2) is 0 Å². The average Bonchev–Trinajstić information content (AvgIpc) is 2.79. The summed E-state index contributed by atoms with van der Waals surface area (Å²) >= 11 is 14.5. The molecule has 1 aliphatic heterocycles. The van der Waals surface area contributed by atoms with Crippen molar-refractivity contribution >= 4 is 46.3 Å². The number of halogens is 2. The Morgan fingerprint density at radius 1 is 1.43 bits per heavy atom. The predicted molar refractivity (Wildman–Crippen MR) is 88.7 cm³/mol. The lowest BCUT2D eigenvalue weighted by atomic mass is 10.0. The zero-order valence-corrected chi connectivity index (χ0v) is 13.9. The predicted octanol–water partition coefficient (Wildman–Crippen LogP) is 5.02. The van der Waals surface area contributed by atoms with Gasteiger partial charge in [-0.15, -0.1) is 22.9 Å². The van der Waals surface area contributed by atoms with Crippen LogP contribution in [0.25, 0.3) is 0 Å². The number of urea groups is 1. The molecule has 1 aromatic carbocycles. The monoisotopic (exact) mass is 340 g/mol. The van der Waals surface area contributed by atoms with Crippen LogP contribution in [-0.4, -0.2) is 18.0 Å². The highest BCUT2D eigenvalue weighted by atomic mass is 35.5. The molecular weight excluding hydrogens is 327 g/mol. The maximum Gasteiger partial charge on any atom is 0.321 e. The van der Waals surface area contributed by atoms with E-state index in [9.17, 15) is 4.79 Å². The van der Waals surface area contributed by atoms with Crippen molar-refractivity contribution in [3.8, 4) is 0 Å². The number of carbonyl (C=O) groups excluding carboxylic acids is 1. The number of rotatable bonds is 2. The summed E-state index contributed by atoms with van der Waals surface area (Å²) in [6.45, 7) is 2.55. The molecule has 1 atom stereocenters. The van der Waals surface area contributed by atoms with E-state index in [0.717, 1.165) is 32.3 Å². The van der Waals surface area contributed by atoms with Gasteiger partial charge in [0.1, 0.15) is 0 Å². The molecule has 1 N–H and O–H groups in total. The summed E-state index contributed by atoms with van der Waals surface area (Å²) in [5, 5.41) is 5.33. The van der Waals surface area contributed by atoms with Gasteiger partial charge < -0.3 is 10.2 Å². The van der Waals surface area contributed by atoms with Gasteiger partial charge in [-0.25, -0.2) is 4.79 Å². The average molecular weight is 341 g/mol. The summed E-state index contributed by atoms with van der Waals surface area (Å²) in [6.07, 6.45) is 0. The Hall–Kier alpha value is -1.23. The van der Waals surface area contributed by atoms with Crippen molar-refractivity contribution in [2.75, 3.05) is 12.4 Å². The lowest BCUT2D eigenvalue weighted by molar-refractivity contribution is 0.218. The fourth-order valence-corrected chi connectivity index (χ4v) is 4.09. The molecule has 0 radical (unpaired) electrons. The molecule has 0 saturated heterocycles. The fraction of sp³-hybridized carbons (Fsp3) is 0.267. The van der Waals surface area contributed by atoms with Gasteiger partial charge in [0.25, 0.3) is 0 Å². The summed E-state index contributed by atoms with van der Waals surface area (Å²) < 4.78 is 0. The van der Waals surface area contributed by atoms with Gasteiger partial charge in [0.2, 0.25) is 0 Å². The molecule has 21 heavy (non-hydrogen) atoms. The fourth-order valence-electron chi connectivity index (χ4n) is 2.33. The SMILES string of the molecule is Cc1csc(C(Cl)c2ccc3c(c2)CN(C)C(=O)N3)c1Cl. The standard InChI is InChI=1S/C15H14Cl2N2OS/c1-8-7-21-14(12(8)16)13(17)9-3-4-11-10(5-9)6-19(2)15(20)18-11/h3-5,7,13H,6H2,1-2H3,(H,18,20). The zero-order chi connectivity index (χ0) is 15.1. The van der Waals surface area contributed by atoms with Crippen LogP contribution in [0.3, 0.4) is 0 Å². The molecule has 6 heteroatoms. The summed E-state index contributed by atoms with van der Waals surface area (Å²) in [5.74, 6) is 0. The minimum atomic E-state index is -0.274. The Bertz CT molecular complexity index is 714. The van der Waals surface area contributed by atoms with Gasteiger partial charge in [0, 0.05) is 24.2 Å². The number of fused-ring (bicyclic) bond motifs is 1. The molecule has 2 aromatic rings. The molecule has 2 heterocycles. The second kappa shape index (κ2) is 5.52. The number of hydrogen-bond acceptors (Lipinski definition) is 2. The lowest BCUT2D eigenvalue weighted by Gasteiger charge is -2.26. The van der Waals surface area contributed by atoms with Gasteiger partial charge in [-0.1, -0.05) is 23.7 Å². The Kier molecular flexibility index (Phi) is 3.86. The normalized spacial score (nSPS) is 15.6. The van der Waals surface area contributed by atoms with Crippen LogP contribution in [-0.2, 0) is 6.54 Å². The smallest absolute Gasteiger partial charge is 0.321 e. The second-order valence-corrected chi connectivity index (χ2v) is 6.89. The van der Waals surface area contributed by atoms with Crippen molar-refractivity contribution in [2.24, 2.45) is 0 Å². The Morgan fingerprint density at radius 2 is 2.19 bits per heavy atom. The first-order valence-electron chi connectivity index (χ1n) is 6.50. The van der Waals surface area contributed by atoms with Gasteiger partial charge in [-0.05, 0) is 35.1 Å². The van der Waals surface area contributed by atoms with Gasteiger partial charge in [-0.3, -0.25) is 0 Å². The topological polar surface area (TPSA) is 32.3 Å². The first kappa shape index (κ1) is 14.7. The van der Waals surface area contributed by atoms with E-state index in [1.807, 2.05) is 30.5 Å². The minimum absolute atomic E-state index is 0.0883. The number of thiophene rings is 1. The number of nitrogens with one attached hydrogen (secondary N) is 1. The van der Waals surface area contributed by atoms with E-state index < -0.39 is 0 Å². The maximum absolute atomic E-state index is 11.6. The van der Waals surface area contributed by atoms with E-state index in [4.69, 9.17) is 23.2 Å². The number of anilines is 1. The molecule has 1 aromatic heterocycles. The van der Waals surface area contributed by atoms with E-state index in [1.165, 1.54) is 0 Å². The Morgan fingerprint density at radius 3 is 2.86 bits per heavy atom. The third-order valence-corrected chi connectivity index (χ3v) is 5.95. The minimum Gasteiger partial charge on any atom is -0.323 e. The Labute approximate surface area is 137 Å². The highest BCUT2D eigenvalue weighted by molar-refractivity contribution is 7.11. The number of alkyl halides is 1. The number of carbonyl (C=O) groups is 1. The number of benzene rings is 1. The van der Waals surface area contributed by atoms with Crippen molar-refractivity contribution in [3.05, 3.63) is 50.2 Å². The van der Waals surface area contributed by atoms with Crippen LogP contribution < -0.4 is 5.32 Å². The highest BCUT2D eigenvalue weighted by Gasteiger charge is 2.22. The number of aryl methyl sites for hydroxylation is 1. The van der Waals surface area contributed by atoms with E-state index >= 15 is 0 Å². The largest absolute Gasteiger partial charge is 0.323 e. The van der Waals surface area contributed by atoms with Crippen LogP contribution in [0.2, 0.25) is 5.02 Å². The molecule has 0 saturated carbocycles. The van der Waals surface area contributed by atoms with Crippen LogP contribution in [0, 0.1) is 6.92 Å². The molecule has 0 spiro atoms. The van der Waals surface area contributed by atoms with Gasteiger partial charge in [-0.2, -0.15) is 0 Å².